The number of piperidine rings is 1. The topological polar surface area (TPSA) is 119 Å². The number of aromatic nitrogens is 2. The van der Waals surface area contributed by atoms with E-state index in [2.05, 4.69) is 15.7 Å². The molecule has 1 aliphatic heterocycles. The van der Waals surface area contributed by atoms with Gasteiger partial charge in [-0.2, -0.15) is 5.10 Å². The second-order valence-electron chi connectivity index (χ2n) is 6.16. The number of carbonyl (C=O) groups excluding carboxylic acids is 1. The van der Waals surface area contributed by atoms with Gasteiger partial charge in [0.05, 0.1) is 10.9 Å². The van der Waals surface area contributed by atoms with Crippen molar-refractivity contribution in [3.63, 3.8) is 0 Å². The first-order chi connectivity index (χ1) is 11.8. The number of hydrogen-bond donors (Lipinski definition) is 3. The molecule has 142 valence electrons. The molecule has 0 saturated carbocycles. The third-order valence-corrected chi connectivity index (χ3v) is 5.29. The molecule has 1 aliphatic rings. The van der Waals surface area contributed by atoms with Gasteiger partial charge >= 0.3 is 0 Å². The fourth-order valence-electron chi connectivity index (χ4n) is 2.90. The molecule has 1 amide bonds. The lowest BCUT2D eigenvalue weighted by molar-refractivity contribution is 0.102. The molecular weight excluding hydrogens is 378 g/mol. The molecule has 1 saturated heterocycles. The Bertz CT molecular complexity index is 891. The van der Waals surface area contributed by atoms with Gasteiger partial charge in [0.1, 0.15) is 0 Å². The average molecular weight is 400 g/mol. The first-order valence-corrected chi connectivity index (χ1v) is 9.60. The van der Waals surface area contributed by atoms with Crippen molar-refractivity contribution in [2.45, 2.75) is 30.7 Å². The third kappa shape index (κ3) is 4.61. The van der Waals surface area contributed by atoms with E-state index >= 15 is 0 Å². The number of nitrogens with zero attached hydrogens (tertiary/aromatic N) is 2. The molecule has 1 aromatic heterocycles. The summed E-state index contributed by atoms with van der Waals surface area (Å²) in [6, 6.07) is 6.47. The smallest absolute Gasteiger partial charge is 0.276 e. The van der Waals surface area contributed by atoms with Gasteiger partial charge in [0.2, 0.25) is 10.0 Å². The van der Waals surface area contributed by atoms with Gasteiger partial charge in [-0.25, -0.2) is 13.6 Å². The van der Waals surface area contributed by atoms with E-state index in [1.54, 1.807) is 36.0 Å². The summed E-state index contributed by atoms with van der Waals surface area (Å²) in [5.41, 5.74) is 1.16. The normalized spacial score (nSPS) is 17.4. The van der Waals surface area contributed by atoms with E-state index in [-0.39, 0.29) is 29.0 Å². The number of sulfonamides is 1. The van der Waals surface area contributed by atoms with Gasteiger partial charge in [-0.05, 0) is 50.1 Å². The SMILES string of the molecule is Cc1ccc(NC(=O)c2ccn(C3CCCNC3)n2)cc1S(N)(=O)=O.Cl. The number of benzene rings is 1. The molecule has 4 N–H and O–H groups in total. The molecule has 10 heteroatoms. The lowest BCUT2D eigenvalue weighted by Gasteiger charge is -2.22. The maximum atomic E-state index is 12.4. The molecular formula is C16H22ClN5O3S. The van der Waals surface area contributed by atoms with Crippen LogP contribution in [0.25, 0.3) is 0 Å². The Morgan fingerprint density at radius 2 is 2.15 bits per heavy atom. The summed E-state index contributed by atoms with van der Waals surface area (Å²) >= 11 is 0. The van der Waals surface area contributed by atoms with Crippen molar-refractivity contribution < 1.29 is 13.2 Å². The Morgan fingerprint density at radius 1 is 1.38 bits per heavy atom. The molecule has 1 fully saturated rings. The van der Waals surface area contributed by atoms with Crippen molar-refractivity contribution in [2.24, 2.45) is 5.14 Å². The van der Waals surface area contributed by atoms with Crippen molar-refractivity contribution in [1.29, 1.82) is 0 Å². The van der Waals surface area contributed by atoms with Crippen LogP contribution >= 0.6 is 12.4 Å². The summed E-state index contributed by atoms with van der Waals surface area (Å²) < 4.78 is 25.0. The van der Waals surface area contributed by atoms with Crippen LogP contribution < -0.4 is 15.8 Å². The van der Waals surface area contributed by atoms with Gasteiger partial charge < -0.3 is 10.6 Å². The van der Waals surface area contributed by atoms with Crippen LogP contribution in [-0.4, -0.2) is 37.2 Å². The number of amides is 1. The summed E-state index contributed by atoms with van der Waals surface area (Å²) in [5.74, 6) is -0.397. The molecule has 1 atom stereocenters. The number of nitrogens with two attached hydrogens (primary N) is 1. The van der Waals surface area contributed by atoms with Gasteiger partial charge in [-0.1, -0.05) is 6.07 Å². The first kappa shape index (κ1) is 20.4. The van der Waals surface area contributed by atoms with Gasteiger partial charge in [0.25, 0.3) is 5.91 Å². The standard InChI is InChI=1S/C16H21N5O3S.ClH/c1-11-4-5-12(9-15(11)25(17,23)24)19-16(22)14-6-8-21(20-14)13-3-2-7-18-10-13;/h4-6,8-9,13,18H,2-3,7,10H2,1H3,(H,19,22)(H2,17,23,24);1H. The van der Waals surface area contributed by atoms with Crippen LogP contribution in [0, 0.1) is 6.92 Å². The minimum atomic E-state index is -3.84. The molecule has 0 aliphatic carbocycles. The highest BCUT2D eigenvalue weighted by molar-refractivity contribution is 7.89. The Hall–Kier alpha value is -1.94. The highest BCUT2D eigenvalue weighted by Crippen LogP contribution is 2.20. The highest BCUT2D eigenvalue weighted by atomic mass is 35.5. The third-order valence-electron chi connectivity index (χ3n) is 4.24. The minimum Gasteiger partial charge on any atom is -0.321 e. The lowest BCUT2D eigenvalue weighted by Crippen LogP contribution is -2.32. The quantitative estimate of drug-likeness (QED) is 0.718. The highest BCUT2D eigenvalue weighted by Gasteiger charge is 2.18. The largest absolute Gasteiger partial charge is 0.321 e. The van der Waals surface area contributed by atoms with Gasteiger partial charge in [-0.3, -0.25) is 9.48 Å². The van der Waals surface area contributed by atoms with Crippen molar-refractivity contribution in [3.8, 4) is 0 Å². The first-order valence-electron chi connectivity index (χ1n) is 8.05. The second kappa shape index (κ2) is 8.17. The Balaban J connectivity index is 0.00000243. The van der Waals surface area contributed by atoms with Crippen LogP contribution in [-0.2, 0) is 10.0 Å². The van der Waals surface area contributed by atoms with Crippen LogP contribution in [0.15, 0.2) is 35.4 Å². The van der Waals surface area contributed by atoms with Crippen molar-refractivity contribution in [1.82, 2.24) is 15.1 Å². The molecule has 8 nitrogen and oxygen atoms in total. The molecule has 2 heterocycles. The number of carbonyl (C=O) groups is 1. The van der Waals surface area contributed by atoms with Crippen LogP contribution in [0.4, 0.5) is 5.69 Å². The fraction of sp³-hybridized carbons (Fsp3) is 0.375. The van der Waals surface area contributed by atoms with E-state index in [1.165, 1.54) is 6.07 Å². The number of primary sulfonamides is 1. The number of nitrogens with one attached hydrogen (secondary N) is 2. The van der Waals surface area contributed by atoms with E-state index in [0.717, 1.165) is 25.9 Å². The van der Waals surface area contributed by atoms with E-state index in [1.807, 2.05) is 0 Å². The molecule has 2 aromatic rings. The zero-order valence-corrected chi connectivity index (χ0v) is 15.9. The molecule has 0 bridgehead atoms. The van der Waals surface area contributed by atoms with E-state index < -0.39 is 15.9 Å². The summed E-state index contributed by atoms with van der Waals surface area (Å²) in [4.78, 5) is 12.4. The average Bonchev–Trinajstić information content (AvgIpc) is 3.06. The van der Waals surface area contributed by atoms with Gasteiger partial charge in [0.15, 0.2) is 5.69 Å². The number of halogens is 1. The Morgan fingerprint density at radius 3 is 2.81 bits per heavy atom. The summed E-state index contributed by atoms with van der Waals surface area (Å²) in [6.07, 6.45) is 3.88. The van der Waals surface area contributed by atoms with Crippen molar-refractivity contribution >= 4 is 34.0 Å². The van der Waals surface area contributed by atoms with Crippen LogP contribution in [0.5, 0.6) is 0 Å². The maximum Gasteiger partial charge on any atom is 0.276 e. The summed E-state index contributed by atoms with van der Waals surface area (Å²) in [7, 11) is -3.84. The molecule has 0 spiro atoms. The predicted octanol–water partition coefficient (Wildman–Crippen LogP) is 1.44. The van der Waals surface area contributed by atoms with Crippen LogP contribution in [0.2, 0.25) is 0 Å². The van der Waals surface area contributed by atoms with Crippen molar-refractivity contribution in [2.75, 3.05) is 18.4 Å². The predicted molar refractivity (Wildman–Crippen MR) is 101 cm³/mol. The minimum absolute atomic E-state index is 0. The maximum absolute atomic E-state index is 12.4. The van der Waals surface area contributed by atoms with Gasteiger partial charge in [-0.15, -0.1) is 12.4 Å². The molecule has 0 radical (unpaired) electrons. The monoisotopic (exact) mass is 399 g/mol. The Kier molecular flexibility index (Phi) is 6.40. The van der Waals surface area contributed by atoms with Crippen LogP contribution in [0.3, 0.4) is 0 Å². The van der Waals surface area contributed by atoms with Crippen LogP contribution in [0.1, 0.15) is 34.9 Å². The number of rotatable bonds is 4. The molecule has 1 aromatic carbocycles. The second-order valence-corrected chi connectivity index (χ2v) is 7.69. The molecule has 3 rings (SSSR count). The van der Waals surface area contributed by atoms with E-state index in [0.29, 0.717) is 11.3 Å². The summed E-state index contributed by atoms with van der Waals surface area (Å²) in [5, 5.41) is 15.5. The van der Waals surface area contributed by atoms with E-state index in [9.17, 15) is 13.2 Å². The Labute approximate surface area is 158 Å². The number of anilines is 1. The zero-order chi connectivity index (χ0) is 18.0. The van der Waals surface area contributed by atoms with E-state index in [4.69, 9.17) is 5.14 Å². The molecule has 1 unspecified atom stereocenters. The van der Waals surface area contributed by atoms with Gasteiger partial charge in [0, 0.05) is 18.4 Å². The summed E-state index contributed by atoms with van der Waals surface area (Å²) in [6.45, 7) is 3.48. The zero-order valence-electron chi connectivity index (χ0n) is 14.3. The molecule has 26 heavy (non-hydrogen) atoms. The van der Waals surface area contributed by atoms with Crippen molar-refractivity contribution in [3.05, 3.63) is 41.7 Å². The number of aryl methyl sites for hydroxylation is 1. The number of hydrogen-bond acceptors (Lipinski definition) is 5. The lowest BCUT2D eigenvalue weighted by atomic mass is 10.1. The fourth-order valence-corrected chi connectivity index (χ4v) is 3.71.